The van der Waals surface area contributed by atoms with Gasteiger partial charge in [-0.1, -0.05) is 0 Å². The van der Waals surface area contributed by atoms with Crippen molar-refractivity contribution in [1.29, 1.82) is 4.78 Å². The number of carbonyl (C=O) groups excluding carboxylic acids is 1. The van der Waals surface area contributed by atoms with Gasteiger partial charge in [-0.2, -0.15) is 5.10 Å². The second-order valence-electron chi connectivity index (χ2n) is 6.64. The first-order chi connectivity index (χ1) is 9.70. The quantitative estimate of drug-likeness (QED) is 0.817. The van der Waals surface area contributed by atoms with Crippen molar-refractivity contribution in [2.45, 2.75) is 33.0 Å². The summed E-state index contributed by atoms with van der Waals surface area (Å²) < 4.78 is 21.4. The lowest BCUT2D eigenvalue weighted by Crippen LogP contribution is -2.56. The molecule has 1 amide bonds. The summed E-state index contributed by atoms with van der Waals surface area (Å²) in [5.74, 6) is 0.293. The summed E-state index contributed by atoms with van der Waals surface area (Å²) in [5, 5.41) is 4.29. The molecule has 8 heteroatoms. The van der Waals surface area contributed by atoms with Gasteiger partial charge >= 0.3 is 0 Å². The van der Waals surface area contributed by atoms with Gasteiger partial charge < -0.3 is 5.73 Å². The number of amides is 1. The number of nitrogens with zero attached hydrogens (tertiary/aromatic N) is 3. The predicted octanol–water partition coefficient (Wildman–Crippen LogP) is 0.253. The van der Waals surface area contributed by atoms with E-state index in [0.29, 0.717) is 30.6 Å². The van der Waals surface area contributed by atoms with Crippen molar-refractivity contribution < 1.29 is 9.00 Å². The van der Waals surface area contributed by atoms with Crippen LogP contribution in [-0.2, 0) is 22.8 Å². The molecule has 0 bridgehead atoms. The summed E-state index contributed by atoms with van der Waals surface area (Å²) in [6.45, 7) is 6.35. The Morgan fingerprint density at radius 2 is 2.14 bits per heavy atom. The third-order valence-corrected chi connectivity index (χ3v) is 6.47. The lowest BCUT2D eigenvalue weighted by atomic mass is 9.91. The van der Waals surface area contributed by atoms with E-state index in [1.807, 2.05) is 4.68 Å². The van der Waals surface area contributed by atoms with Gasteiger partial charge in [0.2, 0.25) is 0 Å². The van der Waals surface area contributed by atoms with Crippen LogP contribution in [0.2, 0.25) is 0 Å². The summed E-state index contributed by atoms with van der Waals surface area (Å²) in [6, 6.07) is 2.08. The number of primary amides is 1. The third-order valence-electron chi connectivity index (χ3n) is 4.31. The topological polar surface area (TPSA) is 105 Å². The molecule has 3 N–H and O–H groups in total. The molecule has 0 saturated carbocycles. The Hall–Kier alpha value is -1.41. The van der Waals surface area contributed by atoms with Gasteiger partial charge in [0.1, 0.15) is 5.69 Å². The standard InChI is InChI=1S/C13H21N5O2S/c1-9(2)17-4-10-3-11(12(14)19)16-18(10)6-13(5-17)7-21(15,20)8-13/h3,9,15H,4-8H2,1-2H3,(H2,14,19). The molecule has 2 aliphatic heterocycles. The van der Waals surface area contributed by atoms with Crippen molar-refractivity contribution in [2.75, 3.05) is 18.1 Å². The average molecular weight is 311 g/mol. The first kappa shape index (κ1) is 14.5. The summed E-state index contributed by atoms with van der Waals surface area (Å²) >= 11 is 0. The molecule has 116 valence electrons. The van der Waals surface area contributed by atoms with Crippen LogP contribution in [0, 0.1) is 10.2 Å². The Labute approximate surface area is 124 Å². The molecular formula is C13H21N5O2S. The van der Waals surface area contributed by atoms with E-state index in [1.165, 1.54) is 0 Å². The molecule has 1 fully saturated rings. The van der Waals surface area contributed by atoms with Gasteiger partial charge in [-0.25, -0.2) is 4.21 Å². The molecule has 1 spiro atoms. The maximum atomic E-state index is 11.9. The zero-order valence-corrected chi connectivity index (χ0v) is 13.2. The van der Waals surface area contributed by atoms with E-state index in [9.17, 15) is 9.00 Å². The number of hydrogen-bond acceptors (Lipinski definition) is 5. The van der Waals surface area contributed by atoms with Crippen LogP contribution in [-0.4, -0.2) is 48.9 Å². The molecule has 7 nitrogen and oxygen atoms in total. The van der Waals surface area contributed by atoms with Crippen molar-refractivity contribution in [3.8, 4) is 0 Å². The zero-order valence-electron chi connectivity index (χ0n) is 12.3. The van der Waals surface area contributed by atoms with E-state index >= 15 is 0 Å². The van der Waals surface area contributed by atoms with Crippen molar-refractivity contribution in [3.05, 3.63) is 17.5 Å². The van der Waals surface area contributed by atoms with Gasteiger partial charge in [0, 0.05) is 52.3 Å². The number of carbonyl (C=O) groups is 1. The number of aromatic nitrogens is 2. The fourth-order valence-electron chi connectivity index (χ4n) is 3.40. The van der Waals surface area contributed by atoms with Crippen molar-refractivity contribution in [1.82, 2.24) is 14.7 Å². The Morgan fingerprint density at radius 3 is 2.67 bits per heavy atom. The number of fused-ring (bicyclic) bond motifs is 1. The smallest absolute Gasteiger partial charge is 0.269 e. The van der Waals surface area contributed by atoms with Crippen LogP contribution in [0.3, 0.4) is 0 Å². The number of rotatable bonds is 2. The van der Waals surface area contributed by atoms with E-state index in [4.69, 9.17) is 10.5 Å². The Bertz CT molecular complexity index is 679. The average Bonchev–Trinajstić information content (AvgIpc) is 2.62. The molecule has 3 heterocycles. The molecule has 1 aromatic rings. The molecule has 2 aliphatic rings. The minimum absolute atomic E-state index is 0.171. The molecule has 0 radical (unpaired) electrons. The van der Waals surface area contributed by atoms with Crippen LogP contribution in [0.25, 0.3) is 0 Å². The van der Waals surface area contributed by atoms with E-state index < -0.39 is 15.6 Å². The lowest BCUT2D eigenvalue weighted by molar-refractivity contribution is 0.0992. The minimum atomic E-state index is -2.43. The highest BCUT2D eigenvalue weighted by molar-refractivity contribution is 7.93. The largest absolute Gasteiger partial charge is 0.364 e. The summed E-state index contributed by atoms with van der Waals surface area (Å²) in [4.78, 5) is 13.6. The molecule has 0 atom stereocenters. The fourth-order valence-corrected chi connectivity index (χ4v) is 5.66. The van der Waals surface area contributed by atoms with Crippen molar-refractivity contribution in [2.24, 2.45) is 11.1 Å². The molecular weight excluding hydrogens is 290 g/mol. The third kappa shape index (κ3) is 2.57. The minimum Gasteiger partial charge on any atom is -0.364 e. The Balaban J connectivity index is 1.98. The van der Waals surface area contributed by atoms with Crippen molar-refractivity contribution >= 4 is 15.6 Å². The monoisotopic (exact) mass is 311 g/mol. The molecule has 1 aromatic heterocycles. The van der Waals surface area contributed by atoms with Gasteiger partial charge in [0.05, 0.1) is 5.69 Å². The van der Waals surface area contributed by atoms with Crippen LogP contribution in [0.5, 0.6) is 0 Å². The molecule has 0 aliphatic carbocycles. The summed E-state index contributed by atoms with van der Waals surface area (Å²) in [6.07, 6.45) is 0. The predicted molar refractivity (Wildman–Crippen MR) is 79.3 cm³/mol. The molecule has 3 rings (SSSR count). The second-order valence-corrected chi connectivity index (χ2v) is 8.84. The zero-order chi connectivity index (χ0) is 15.4. The number of hydrogen-bond donors (Lipinski definition) is 2. The van der Waals surface area contributed by atoms with Gasteiger partial charge in [0.25, 0.3) is 5.91 Å². The highest BCUT2D eigenvalue weighted by atomic mass is 32.2. The van der Waals surface area contributed by atoms with Crippen LogP contribution in [0.15, 0.2) is 6.07 Å². The Kier molecular flexibility index (Phi) is 3.14. The highest BCUT2D eigenvalue weighted by Gasteiger charge is 2.49. The first-order valence-electron chi connectivity index (χ1n) is 7.04. The van der Waals surface area contributed by atoms with E-state index in [0.717, 1.165) is 12.2 Å². The van der Waals surface area contributed by atoms with Crippen LogP contribution in [0.4, 0.5) is 0 Å². The van der Waals surface area contributed by atoms with E-state index in [1.54, 1.807) is 6.07 Å². The SMILES string of the molecule is CC(C)N1Cc2cc(C(N)=O)nn2CC2(C1)CS(=N)(=O)C2. The summed E-state index contributed by atoms with van der Waals surface area (Å²) in [5.41, 5.74) is 6.37. The highest BCUT2D eigenvalue weighted by Crippen LogP contribution is 2.39. The molecule has 21 heavy (non-hydrogen) atoms. The first-order valence-corrected chi connectivity index (χ1v) is 8.94. The molecule has 0 unspecified atom stereocenters. The number of nitrogens with one attached hydrogen (secondary N) is 1. The van der Waals surface area contributed by atoms with Gasteiger partial charge in [-0.3, -0.25) is 19.2 Å². The maximum absolute atomic E-state index is 11.9. The van der Waals surface area contributed by atoms with Gasteiger partial charge in [-0.15, -0.1) is 0 Å². The van der Waals surface area contributed by atoms with Gasteiger partial charge in [0.15, 0.2) is 0 Å². The number of nitrogens with two attached hydrogens (primary N) is 1. The van der Waals surface area contributed by atoms with E-state index in [-0.39, 0.29) is 11.1 Å². The van der Waals surface area contributed by atoms with Crippen molar-refractivity contribution in [3.63, 3.8) is 0 Å². The lowest BCUT2D eigenvalue weighted by Gasteiger charge is -2.45. The van der Waals surface area contributed by atoms with Crippen LogP contribution < -0.4 is 5.73 Å². The Morgan fingerprint density at radius 1 is 1.48 bits per heavy atom. The van der Waals surface area contributed by atoms with Crippen LogP contribution >= 0.6 is 0 Å². The molecule has 0 aromatic carbocycles. The summed E-state index contributed by atoms with van der Waals surface area (Å²) in [7, 11) is -2.43. The normalized spacial score (nSPS) is 32.7. The maximum Gasteiger partial charge on any atom is 0.269 e. The molecule has 1 saturated heterocycles. The fraction of sp³-hybridized carbons (Fsp3) is 0.692. The second kappa shape index (κ2) is 4.54. The van der Waals surface area contributed by atoms with E-state index in [2.05, 4.69) is 23.8 Å². The van der Waals surface area contributed by atoms with Crippen LogP contribution in [0.1, 0.15) is 30.0 Å². The van der Waals surface area contributed by atoms with Gasteiger partial charge in [-0.05, 0) is 19.9 Å².